The maximum Gasteiger partial charge on any atom is 0.257 e. The van der Waals surface area contributed by atoms with Gasteiger partial charge < -0.3 is 4.52 Å². The summed E-state index contributed by atoms with van der Waals surface area (Å²) in [7, 11) is 0. The Bertz CT molecular complexity index is 447. The van der Waals surface area contributed by atoms with Crippen molar-refractivity contribution in [3.63, 3.8) is 0 Å². The Morgan fingerprint density at radius 2 is 1.79 bits per heavy atom. The lowest BCUT2D eigenvalue weighted by molar-refractivity contribution is 0.425. The number of rotatable bonds is 1. The van der Waals surface area contributed by atoms with E-state index in [0.717, 1.165) is 14.5 Å². The van der Waals surface area contributed by atoms with E-state index in [4.69, 9.17) is 4.52 Å². The molecule has 0 saturated heterocycles. The summed E-state index contributed by atoms with van der Waals surface area (Å²) < 4.78 is 7.00. The summed E-state index contributed by atoms with van der Waals surface area (Å²) in [5, 5.41) is 3.74. The summed E-state index contributed by atoms with van der Waals surface area (Å²) in [6.45, 7) is 1.79. The van der Waals surface area contributed by atoms with E-state index in [1.54, 1.807) is 6.92 Å². The minimum absolute atomic E-state index is 0.532. The average Bonchev–Trinajstić information content (AvgIpc) is 2.50. The van der Waals surface area contributed by atoms with Gasteiger partial charge in [0.05, 0.1) is 0 Å². The summed E-state index contributed by atoms with van der Waals surface area (Å²) in [5.74, 6) is 1.17. The number of aromatic nitrogens is 2. The zero-order chi connectivity index (χ0) is 10.1. The van der Waals surface area contributed by atoms with E-state index in [1.165, 1.54) is 0 Å². The first-order chi connectivity index (χ1) is 6.65. The van der Waals surface area contributed by atoms with Crippen LogP contribution < -0.4 is 0 Å². The average molecular weight is 318 g/mol. The Labute approximate surface area is 97.8 Å². The van der Waals surface area contributed by atoms with Gasteiger partial charge in [-0.3, -0.25) is 0 Å². The van der Waals surface area contributed by atoms with Crippen molar-refractivity contribution >= 4 is 31.9 Å². The molecular weight excluding hydrogens is 312 g/mol. The number of aryl methyl sites for hydroxylation is 1. The number of hydrogen-bond donors (Lipinski definition) is 0. The molecule has 0 atom stereocenters. The van der Waals surface area contributed by atoms with Crippen molar-refractivity contribution in [2.24, 2.45) is 0 Å². The molecule has 0 saturated carbocycles. The molecule has 0 fully saturated rings. The Balaban J connectivity index is 2.51. The van der Waals surface area contributed by atoms with Crippen molar-refractivity contribution in [2.45, 2.75) is 6.92 Å². The number of hydrogen-bond acceptors (Lipinski definition) is 3. The van der Waals surface area contributed by atoms with Crippen LogP contribution in [0.15, 0.2) is 31.7 Å². The maximum atomic E-state index is 5.06. The molecule has 2 rings (SSSR count). The first-order valence-electron chi connectivity index (χ1n) is 3.92. The molecule has 0 unspecified atom stereocenters. The predicted octanol–water partition coefficient (Wildman–Crippen LogP) is 3.57. The number of nitrogens with zero attached hydrogens (tertiary/aromatic N) is 2. The molecule has 1 aromatic carbocycles. The first-order valence-corrected chi connectivity index (χ1v) is 5.50. The molecule has 0 amide bonds. The van der Waals surface area contributed by atoms with Crippen molar-refractivity contribution in [3.05, 3.63) is 33.0 Å². The highest BCUT2D eigenvalue weighted by Crippen LogP contribution is 2.26. The van der Waals surface area contributed by atoms with Crippen molar-refractivity contribution in [3.8, 4) is 11.5 Å². The van der Waals surface area contributed by atoms with Gasteiger partial charge in [0, 0.05) is 14.5 Å². The van der Waals surface area contributed by atoms with E-state index in [9.17, 15) is 0 Å². The molecule has 0 aliphatic carbocycles. The van der Waals surface area contributed by atoms with Crippen LogP contribution in [0.25, 0.3) is 11.5 Å². The summed E-state index contributed by atoms with van der Waals surface area (Å²) in [5.41, 5.74) is 0.895. The predicted molar refractivity (Wildman–Crippen MR) is 59.9 cm³/mol. The molecule has 14 heavy (non-hydrogen) atoms. The van der Waals surface area contributed by atoms with Gasteiger partial charge in [0.15, 0.2) is 5.82 Å². The molecule has 0 radical (unpaired) electrons. The largest absolute Gasteiger partial charge is 0.334 e. The number of halogens is 2. The fraction of sp³-hybridized carbons (Fsp3) is 0.111. The Hall–Kier alpha value is -0.680. The van der Waals surface area contributed by atoms with E-state index in [2.05, 4.69) is 42.0 Å². The topological polar surface area (TPSA) is 38.9 Å². The minimum Gasteiger partial charge on any atom is -0.334 e. The standard InChI is InChI=1S/C9H6Br2N2O/c1-5-12-9(14-13-5)6-2-7(10)4-8(11)3-6/h2-4H,1H3. The quantitative estimate of drug-likeness (QED) is 0.807. The van der Waals surface area contributed by atoms with E-state index >= 15 is 0 Å². The molecule has 1 heterocycles. The zero-order valence-electron chi connectivity index (χ0n) is 7.29. The molecule has 2 aromatic rings. The zero-order valence-corrected chi connectivity index (χ0v) is 10.5. The van der Waals surface area contributed by atoms with Gasteiger partial charge in [0.1, 0.15) is 0 Å². The fourth-order valence-corrected chi connectivity index (χ4v) is 2.39. The molecule has 5 heteroatoms. The molecule has 3 nitrogen and oxygen atoms in total. The van der Waals surface area contributed by atoms with E-state index in [0.29, 0.717) is 11.7 Å². The molecule has 72 valence electrons. The summed E-state index contributed by atoms with van der Waals surface area (Å²) >= 11 is 6.79. The summed E-state index contributed by atoms with van der Waals surface area (Å²) in [4.78, 5) is 4.14. The second-order valence-electron chi connectivity index (χ2n) is 2.80. The van der Waals surface area contributed by atoms with Crippen LogP contribution in [0.2, 0.25) is 0 Å². The van der Waals surface area contributed by atoms with Gasteiger partial charge in [-0.2, -0.15) is 4.98 Å². The van der Waals surface area contributed by atoms with Crippen LogP contribution in [0.3, 0.4) is 0 Å². The van der Waals surface area contributed by atoms with Gasteiger partial charge in [0.25, 0.3) is 5.89 Å². The molecule has 0 aliphatic rings. The normalized spacial score (nSPS) is 10.5. The van der Waals surface area contributed by atoms with Crippen molar-refractivity contribution in [2.75, 3.05) is 0 Å². The van der Waals surface area contributed by atoms with Gasteiger partial charge in [-0.25, -0.2) is 0 Å². The molecule has 0 spiro atoms. The summed E-state index contributed by atoms with van der Waals surface area (Å²) in [6.07, 6.45) is 0. The van der Waals surface area contributed by atoms with E-state index in [1.807, 2.05) is 18.2 Å². The summed E-state index contributed by atoms with van der Waals surface area (Å²) in [6, 6.07) is 5.81. The molecule has 0 bridgehead atoms. The molecular formula is C9H6Br2N2O. The molecule has 0 N–H and O–H groups in total. The van der Waals surface area contributed by atoms with Crippen LogP contribution >= 0.6 is 31.9 Å². The van der Waals surface area contributed by atoms with Crippen LogP contribution in [0.1, 0.15) is 5.82 Å². The van der Waals surface area contributed by atoms with Gasteiger partial charge in [-0.1, -0.05) is 37.0 Å². The van der Waals surface area contributed by atoms with Crippen LogP contribution in [0, 0.1) is 6.92 Å². The van der Waals surface area contributed by atoms with E-state index < -0.39 is 0 Å². The lowest BCUT2D eigenvalue weighted by atomic mass is 10.2. The Morgan fingerprint density at radius 3 is 2.29 bits per heavy atom. The van der Waals surface area contributed by atoms with Crippen LogP contribution in [-0.4, -0.2) is 10.1 Å². The van der Waals surface area contributed by atoms with Gasteiger partial charge in [-0.05, 0) is 25.1 Å². The third kappa shape index (κ3) is 2.04. The lowest BCUT2D eigenvalue weighted by Gasteiger charge is -1.97. The Kier molecular flexibility index (Phi) is 2.69. The third-order valence-corrected chi connectivity index (χ3v) is 2.55. The molecule has 0 aliphatic heterocycles. The van der Waals surface area contributed by atoms with Crippen molar-refractivity contribution < 1.29 is 4.52 Å². The van der Waals surface area contributed by atoms with Crippen LogP contribution in [-0.2, 0) is 0 Å². The van der Waals surface area contributed by atoms with Gasteiger partial charge in [-0.15, -0.1) is 0 Å². The number of benzene rings is 1. The Morgan fingerprint density at radius 1 is 1.14 bits per heavy atom. The van der Waals surface area contributed by atoms with Crippen molar-refractivity contribution in [1.82, 2.24) is 10.1 Å². The first kappa shape index (κ1) is 9.86. The van der Waals surface area contributed by atoms with E-state index in [-0.39, 0.29) is 0 Å². The monoisotopic (exact) mass is 316 g/mol. The second kappa shape index (κ2) is 3.82. The minimum atomic E-state index is 0.532. The lowest BCUT2D eigenvalue weighted by Crippen LogP contribution is -1.79. The van der Waals surface area contributed by atoms with Crippen molar-refractivity contribution in [1.29, 1.82) is 0 Å². The van der Waals surface area contributed by atoms with Crippen LogP contribution in [0.5, 0.6) is 0 Å². The smallest absolute Gasteiger partial charge is 0.257 e. The van der Waals surface area contributed by atoms with Gasteiger partial charge in [0.2, 0.25) is 0 Å². The molecule has 1 aromatic heterocycles. The third-order valence-electron chi connectivity index (χ3n) is 1.64. The highest BCUT2D eigenvalue weighted by Gasteiger charge is 2.07. The second-order valence-corrected chi connectivity index (χ2v) is 4.64. The SMILES string of the molecule is Cc1noc(-c2cc(Br)cc(Br)c2)n1. The van der Waals surface area contributed by atoms with Gasteiger partial charge >= 0.3 is 0 Å². The van der Waals surface area contributed by atoms with Crippen LogP contribution in [0.4, 0.5) is 0 Å². The fourth-order valence-electron chi connectivity index (χ4n) is 1.09. The maximum absolute atomic E-state index is 5.06. The highest BCUT2D eigenvalue weighted by molar-refractivity contribution is 9.11. The highest BCUT2D eigenvalue weighted by atomic mass is 79.9.